The Labute approximate surface area is 171 Å². The highest BCUT2D eigenvalue weighted by Gasteiger charge is 2.20. The molecule has 0 aliphatic heterocycles. The summed E-state index contributed by atoms with van der Waals surface area (Å²) >= 11 is 13.1. The van der Waals surface area contributed by atoms with Crippen LogP contribution < -0.4 is 5.32 Å². The standard InChI is InChI=1S/C22H27Cl2NO2/c1-5-7-15-8-9-19(18(10-15)16(11-26)12-27)25-22-17(6-2)13(3)20(23)14(4)21(22)24/h8-11,16,25,27H,5-7,12H2,1-4H3. The third-order valence-corrected chi connectivity index (χ3v) is 6.03. The van der Waals surface area contributed by atoms with Crippen molar-refractivity contribution in [3.8, 4) is 0 Å². The van der Waals surface area contributed by atoms with E-state index in [0.717, 1.165) is 64.7 Å². The molecule has 146 valence electrons. The van der Waals surface area contributed by atoms with Gasteiger partial charge in [-0.3, -0.25) is 0 Å². The van der Waals surface area contributed by atoms with Crippen LogP contribution in [0.3, 0.4) is 0 Å². The average Bonchev–Trinajstić information content (AvgIpc) is 2.67. The van der Waals surface area contributed by atoms with Crippen LogP contribution in [0.5, 0.6) is 0 Å². The summed E-state index contributed by atoms with van der Waals surface area (Å²) < 4.78 is 0. The van der Waals surface area contributed by atoms with Crippen molar-refractivity contribution in [1.29, 1.82) is 0 Å². The van der Waals surface area contributed by atoms with Crippen molar-refractivity contribution < 1.29 is 9.90 Å². The molecule has 0 fully saturated rings. The fourth-order valence-electron chi connectivity index (χ4n) is 3.42. The van der Waals surface area contributed by atoms with Crippen molar-refractivity contribution in [3.05, 3.63) is 56.1 Å². The molecule has 0 aromatic heterocycles. The normalized spacial score (nSPS) is 12.1. The van der Waals surface area contributed by atoms with E-state index in [1.165, 1.54) is 0 Å². The van der Waals surface area contributed by atoms with Crippen molar-refractivity contribution in [3.63, 3.8) is 0 Å². The number of rotatable bonds is 8. The highest BCUT2D eigenvalue weighted by molar-refractivity contribution is 6.38. The quantitative estimate of drug-likeness (QED) is 0.516. The van der Waals surface area contributed by atoms with Crippen LogP contribution in [0.15, 0.2) is 18.2 Å². The lowest BCUT2D eigenvalue weighted by molar-refractivity contribution is -0.109. The van der Waals surface area contributed by atoms with Crippen LogP contribution in [-0.4, -0.2) is 18.0 Å². The molecule has 0 saturated heterocycles. The zero-order valence-corrected chi connectivity index (χ0v) is 17.8. The molecule has 2 aromatic carbocycles. The van der Waals surface area contributed by atoms with E-state index in [1.54, 1.807) is 0 Å². The average molecular weight is 408 g/mol. The molecule has 0 radical (unpaired) electrons. The number of aldehydes is 1. The Balaban J connectivity index is 2.62. The van der Waals surface area contributed by atoms with Gasteiger partial charge in [-0.15, -0.1) is 0 Å². The first-order valence-corrected chi connectivity index (χ1v) is 10.1. The van der Waals surface area contributed by atoms with Gasteiger partial charge in [0, 0.05) is 10.7 Å². The molecule has 5 heteroatoms. The number of halogens is 2. The molecule has 2 rings (SSSR count). The van der Waals surface area contributed by atoms with Crippen LogP contribution in [0.1, 0.15) is 54.0 Å². The summed E-state index contributed by atoms with van der Waals surface area (Å²) in [6.07, 6.45) is 3.49. The topological polar surface area (TPSA) is 49.3 Å². The lowest BCUT2D eigenvalue weighted by Crippen LogP contribution is -2.10. The van der Waals surface area contributed by atoms with E-state index in [1.807, 2.05) is 32.0 Å². The van der Waals surface area contributed by atoms with Crippen molar-refractivity contribution in [2.45, 2.75) is 52.9 Å². The van der Waals surface area contributed by atoms with Crippen LogP contribution >= 0.6 is 23.2 Å². The maximum atomic E-state index is 11.5. The van der Waals surface area contributed by atoms with Gasteiger partial charge in [0.1, 0.15) is 6.29 Å². The van der Waals surface area contributed by atoms with E-state index in [0.29, 0.717) is 10.0 Å². The lowest BCUT2D eigenvalue weighted by atomic mass is 9.94. The molecule has 0 amide bonds. The maximum Gasteiger partial charge on any atom is 0.129 e. The van der Waals surface area contributed by atoms with Crippen LogP contribution in [0.4, 0.5) is 11.4 Å². The van der Waals surface area contributed by atoms with E-state index >= 15 is 0 Å². The van der Waals surface area contributed by atoms with Gasteiger partial charge in [-0.1, -0.05) is 55.6 Å². The van der Waals surface area contributed by atoms with Gasteiger partial charge in [-0.25, -0.2) is 0 Å². The highest BCUT2D eigenvalue weighted by atomic mass is 35.5. The van der Waals surface area contributed by atoms with E-state index < -0.39 is 5.92 Å². The van der Waals surface area contributed by atoms with E-state index in [-0.39, 0.29) is 6.61 Å². The molecule has 0 spiro atoms. The van der Waals surface area contributed by atoms with Crippen LogP contribution in [-0.2, 0) is 17.6 Å². The molecule has 0 aliphatic rings. The van der Waals surface area contributed by atoms with E-state index in [2.05, 4.69) is 19.2 Å². The monoisotopic (exact) mass is 407 g/mol. The van der Waals surface area contributed by atoms with Gasteiger partial charge in [-0.2, -0.15) is 0 Å². The van der Waals surface area contributed by atoms with Gasteiger partial charge in [0.25, 0.3) is 0 Å². The molecule has 1 unspecified atom stereocenters. The third kappa shape index (κ3) is 4.48. The Kier molecular flexibility index (Phi) is 7.72. The van der Waals surface area contributed by atoms with Crippen molar-refractivity contribution in [2.24, 2.45) is 0 Å². The maximum absolute atomic E-state index is 11.5. The van der Waals surface area contributed by atoms with E-state index in [9.17, 15) is 9.90 Å². The molecular formula is C22H27Cl2NO2. The lowest BCUT2D eigenvalue weighted by Gasteiger charge is -2.22. The molecule has 1 atom stereocenters. The summed E-state index contributed by atoms with van der Waals surface area (Å²) in [5, 5.41) is 14.4. The first-order valence-electron chi connectivity index (χ1n) is 9.32. The Bertz CT molecular complexity index is 834. The van der Waals surface area contributed by atoms with Gasteiger partial charge in [0.15, 0.2) is 0 Å². The fraction of sp³-hybridized carbons (Fsp3) is 0.409. The highest BCUT2D eigenvalue weighted by Crippen LogP contribution is 2.41. The number of aryl methyl sites for hydroxylation is 1. The number of nitrogens with one attached hydrogen (secondary N) is 1. The number of hydrogen-bond acceptors (Lipinski definition) is 3. The van der Waals surface area contributed by atoms with Gasteiger partial charge in [0.2, 0.25) is 0 Å². The third-order valence-electron chi connectivity index (χ3n) is 4.99. The molecule has 2 N–H and O–H groups in total. The number of carbonyl (C=O) groups is 1. The van der Waals surface area contributed by atoms with Crippen molar-refractivity contribution in [1.82, 2.24) is 0 Å². The van der Waals surface area contributed by atoms with Crippen LogP contribution in [0.2, 0.25) is 10.0 Å². The first-order chi connectivity index (χ1) is 12.9. The van der Waals surface area contributed by atoms with Gasteiger partial charge < -0.3 is 15.2 Å². The smallest absolute Gasteiger partial charge is 0.129 e. The number of carbonyl (C=O) groups excluding carboxylic acids is 1. The minimum atomic E-state index is -0.581. The molecule has 0 aliphatic carbocycles. The summed E-state index contributed by atoms with van der Waals surface area (Å²) in [6.45, 7) is 7.82. The predicted octanol–water partition coefficient (Wildman–Crippen LogP) is 6.14. The molecule has 2 aromatic rings. The minimum Gasteiger partial charge on any atom is -0.395 e. The second-order valence-electron chi connectivity index (χ2n) is 6.81. The number of aliphatic hydroxyl groups excluding tert-OH is 1. The second-order valence-corrected chi connectivity index (χ2v) is 7.56. The summed E-state index contributed by atoms with van der Waals surface area (Å²) in [5.41, 5.74) is 6.39. The molecule has 27 heavy (non-hydrogen) atoms. The Morgan fingerprint density at radius 1 is 1.15 bits per heavy atom. The largest absolute Gasteiger partial charge is 0.395 e. The summed E-state index contributed by atoms with van der Waals surface area (Å²) in [4.78, 5) is 11.5. The first kappa shape index (κ1) is 21.7. The summed E-state index contributed by atoms with van der Waals surface area (Å²) in [7, 11) is 0. The summed E-state index contributed by atoms with van der Waals surface area (Å²) in [6, 6.07) is 6.00. The molecule has 0 bridgehead atoms. The fourth-order valence-corrected chi connectivity index (χ4v) is 3.93. The molecule has 3 nitrogen and oxygen atoms in total. The van der Waals surface area contributed by atoms with Gasteiger partial charge in [0.05, 0.1) is 23.2 Å². The van der Waals surface area contributed by atoms with E-state index in [4.69, 9.17) is 23.2 Å². The second kappa shape index (κ2) is 9.59. The number of benzene rings is 2. The van der Waals surface area contributed by atoms with Crippen molar-refractivity contribution in [2.75, 3.05) is 11.9 Å². The van der Waals surface area contributed by atoms with Crippen LogP contribution in [0.25, 0.3) is 0 Å². The zero-order valence-electron chi connectivity index (χ0n) is 16.3. The van der Waals surface area contributed by atoms with Gasteiger partial charge in [-0.05, 0) is 60.6 Å². The number of hydrogen-bond donors (Lipinski definition) is 2. The Morgan fingerprint density at radius 3 is 2.41 bits per heavy atom. The Hall–Kier alpha value is -1.55. The minimum absolute atomic E-state index is 0.235. The van der Waals surface area contributed by atoms with Crippen LogP contribution in [0, 0.1) is 13.8 Å². The summed E-state index contributed by atoms with van der Waals surface area (Å²) in [5.74, 6) is -0.581. The van der Waals surface area contributed by atoms with Crippen molar-refractivity contribution >= 4 is 40.9 Å². The van der Waals surface area contributed by atoms with Gasteiger partial charge >= 0.3 is 0 Å². The zero-order chi connectivity index (χ0) is 20.1. The number of aliphatic hydroxyl groups is 1. The molecule has 0 heterocycles. The predicted molar refractivity (Wildman–Crippen MR) is 115 cm³/mol. The number of anilines is 2. The molecule has 0 saturated carbocycles. The molecular weight excluding hydrogens is 381 g/mol. The Morgan fingerprint density at radius 2 is 1.85 bits per heavy atom. The SMILES string of the molecule is CCCc1ccc(Nc2c(Cl)c(C)c(Cl)c(C)c2CC)c(C(C=O)CO)c1.